The minimum absolute atomic E-state index is 0.472. The average Bonchev–Trinajstić information content (AvgIpc) is 2.44. The van der Waals surface area contributed by atoms with Gasteiger partial charge in [-0.1, -0.05) is 0 Å². The van der Waals surface area contributed by atoms with E-state index >= 15 is 0 Å². The molecule has 1 rings (SSSR count). The highest BCUT2D eigenvalue weighted by Gasteiger charge is 2.11. The number of nitrogens with one attached hydrogen (secondary N) is 1. The molecule has 0 aliphatic rings. The lowest BCUT2D eigenvalue weighted by Crippen LogP contribution is -2.19. The lowest BCUT2D eigenvalue weighted by molar-refractivity contribution is 0.156. The first-order chi connectivity index (χ1) is 3.34. The van der Waals surface area contributed by atoms with E-state index in [-0.39, 0.29) is 0 Å². The van der Waals surface area contributed by atoms with Crippen molar-refractivity contribution in [2.75, 3.05) is 0 Å². The number of nitrogens with zero attached hydrogens (tertiary/aromatic N) is 1. The van der Waals surface area contributed by atoms with Crippen molar-refractivity contribution >= 4 is 6.03 Å². The van der Waals surface area contributed by atoms with Gasteiger partial charge in [-0.05, 0) is 0 Å². The van der Waals surface area contributed by atoms with Gasteiger partial charge in [0.1, 0.15) is 4.91 Å². The summed E-state index contributed by atoms with van der Waals surface area (Å²) in [6.45, 7) is 0. The molecule has 0 spiro atoms. The van der Waals surface area contributed by atoms with Crippen molar-refractivity contribution in [1.82, 2.24) is 10.4 Å². The molecule has 0 saturated carbocycles. The van der Waals surface area contributed by atoms with Crippen molar-refractivity contribution in [3.05, 3.63) is 0 Å². The molecule has 1 amide bonds. The van der Waals surface area contributed by atoms with E-state index in [1.54, 1.807) is 0 Å². The molecule has 0 saturated heterocycles. The van der Waals surface area contributed by atoms with Gasteiger partial charge in [0.15, 0.2) is 0 Å². The van der Waals surface area contributed by atoms with Gasteiger partial charge in [-0.2, -0.15) is 0 Å². The lowest BCUT2D eigenvalue weighted by Gasteiger charge is -1.77. The molecule has 0 aliphatic carbocycles. The van der Waals surface area contributed by atoms with E-state index in [4.69, 9.17) is 5.21 Å². The summed E-state index contributed by atoms with van der Waals surface area (Å²) in [5, 5.41) is 7.74. The molecule has 1 heterocycles. The lowest BCUT2D eigenvalue weighted by atomic mass is 11.1. The quantitative estimate of drug-likeness (QED) is 0.268. The second-order valence-electron chi connectivity index (χ2n) is 0.823. The zero-order valence-electron chi connectivity index (χ0n) is 3.12. The van der Waals surface area contributed by atoms with Crippen molar-refractivity contribution in [1.29, 1.82) is 0 Å². The van der Waals surface area contributed by atoms with Crippen LogP contribution < -0.4 is 5.48 Å². The van der Waals surface area contributed by atoms with Crippen molar-refractivity contribution in [3.63, 3.8) is 0 Å². The van der Waals surface area contributed by atoms with Crippen molar-refractivity contribution < 1.29 is 19.4 Å². The fourth-order valence-electron chi connectivity index (χ4n) is 0.125. The Labute approximate surface area is 37.1 Å². The molecule has 1 aromatic rings. The molecule has 0 fully saturated rings. The molecule has 40 valence electrons. The predicted octanol–water partition coefficient (Wildman–Crippen LogP) is -0.379. The Morgan fingerprint density at radius 1 is 1.71 bits per heavy atom. The van der Waals surface area contributed by atoms with Gasteiger partial charge in [0.25, 0.3) is 0 Å². The number of rotatable bonds is 0. The smallest absolute Gasteiger partial charge is 0.287 e. The molecule has 0 radical (unpaired) electrons. The molecule has 0 aliphatic heterocycles. The van der Waals surface area contributed by atoms with Gasteiger partial charge in [0.2, 0.25) is 0 Å². The summed E-state index contributed by atoms with van der Waals surface area (Å²) in [5.74, 6) is 0. The molecule has 7 heavy (non-hydrogen) atoms. The zero-order chi connectivity index (χ0) is 5.28. The molecular formula is CH2N2O4. The van der Waals surface area contributed by atoms with E-state index in [0.29, 0.717) is 4.91 Å². The van der Waals surface area contributed by atoms with Gasteiger partial charge < -0.3 is 0 Å². The Bertz CT molecular complexity index is 138. The number of carbonyl (C=O) groups excluding carboxylic acids is 1. The van der Waals surface area contributed by atoms with Crippen LogP contribution in [-0.4, -0.2) is 16.2 Å². The van der Waals surface area contributed by atoms with Crippen LogP contribution in [0.15, 0.2) is 9.36 Å². The number of carbonyl (C=O) groups is 1. The van der Waals surface area contributed by atoms with Crippen LogP contribution in [0.5, 0.6) is 0 Å². The standard InChI is InChI=1S/CH2N2O4/c4-1(2-5)3-6-7-3/h5H,(H,2,4). The van der Waals surface area contributed by atoms with Gasteiger partial charge >= 0.3 is 6.03 Å². The predicted molar refractivity (Wildman–Crippen MR) is 14.7 cm³/mol. The Kier molecular flexibility index (Phi) is 0.661. The Morgan fingerprint density at radius 2 is 2.29 bits per heavy atom. The minimum atomic E-state index is -0.847. The van der Waals surface area contributed by atoms with E-state index in [0.717, 1.165) is 0 Å². The summed E-state index contributed by atoms with van der Waals surface area (Å²) in [6.07, 6.45) is 0. The molecule has 1 aromatic heterocycles. The number of hydrogen-bond acceptors (Lipinski definition) is 4. The maximum Gasteiger partial charge on any atom is 0.420 e. The number of amides is 1. The minimum Gasteiger partial charge on any atom is -0.287 e. The van der Waals surface area contributed by atoms with Crippen molar-refractivity contribution in [2.24, 2.45) is 0 Å². The molecule has 0 bridgehead atoms. The summed E-state index contributed by atoms with van der Waals surface area (Å²) in [6, 6.07) is -0.847. The van der Waals surface area contributed by atoms with Crippen molar-refractivity contribution in [3.8, 4) is 0 Å². The second kappa shape index (κ2) is 1.16. The normalized spacial score (nSPS) is 9.29. The summed E-state index contributed by atoms with van der Waals surface area (Å²) in [4.78, 5) is 10.4. The third kappa shape index (κ3) is 0.631. The monoisotopic (exact) mass is 106 g/mol. The Balaban J connectivity index is 2.46. The molecule has 6 heteroatoms. The maximum atomic E-state index is 9.89. The van der Waals surface area contributed by atoms with E-state index in [1.165, 1.54) is 5.48 Å². The van der Waals surface area contributed by atoms with Crippen LogP contribution in [0.2, 0.25) is 0 Å². The molecule has 0 atom stereocenters. The van der Waals surface area contributed by atoms with Gasteiger partial charge in [-0.15, -0.1) is 9.36 Å². The van der Waals surface area contributed by atoms with Crippen LogP contribution in [0.1, 0.15) is 0 Å². The SMILES string of the molecule is O=C(NO)n1oo1. The largest absolute Gasteiger partial charge is 0.420 e. The fraction of sp³-hybridized carbons (Fsp3) is 0. The first kappa shape index (κ1) is 4.00. The number of aromatic nitrogens is 1. The molecule has 0 aromatic carbocycles. The summed E-state index contributed by atoms with van der Waals surface area (Å²) >= 11 is 0. The van der Waals surface area contributed by atoms with Crippen molar-refractivity contribution in [2.45, 2.75) is 0 Å². The Hall–Kier alpha value is -1.17. The van der Waals surface area contributed by atoms with Crippen LogP contribution in [0.3, 0.4) is 0 Å². The highest BCUT2D eigenvalue weighted by molar-refractivity contribution is 5.72. The topological polar surface area (TPSA) is 80.5 Å². The van der Waals surface area contributed by atoms with Gasteiger partial charge in [0, 0.05) is 0 Å². The molecule has 2 N–H and O–H groups in total. The third-order valence-electron chi connectivity index (χ3n) is 0.411. The fourth-order valence-corrected chi connectivity index (χ4v) is 0.125. The third-order valence-corrected chi connectivity index (χ3v) is 0.411. The summed E-state index contributed by atoms with van der Waals surface area (Å²) < 4.78 is 7.64. The van der Waals surface area contributed by atoms with Crippen LogP contribution in [0.4, 0.5) is 4.79 Å². The highest BCUT2D eigenvalue weighted by Crippen LogP contribution is 1.89. The van der Waals surface area contributed by atoms with Crippen LogP contribution in [0, 0.1) is 0 Å². The zero-order valence-corrected chi connectivity index (χ0v) is 3.12. The highest BCUT2D eigenvalue weighted by atomic mass is 17.3. The Morgan fingerprint density at radius 3 is 2.43 bits per heavy atom. The van der Waals surface area contributed by atoms with E-state index in [1.807, 2.05) is 0 Å². The first-order valence-electron chi connectivity index (χ1n) is 1.43. The van der Waals surface area contributed by atoms with Crippen LogP contribution in [0.25, 0.3) is 0 Å². The van der Waals surface area contributed by atoms with Gasteiger partial charge in [-0.3, -0.25) is 5.21 Å². The van der Waals surface area contributed by atoms with E-state index in [2.05, 4.69) is 9.36 Å². The van der Waals surface area contributed by atoms with Crippen LogP contribution >= 0.6 is 0 Å². The maximum absolute atomic E-state index is 9.89. The second-order valence-corrected chi connectivity index (χ2v) is 0.823. The van der Waals surface area contributed by atoms with E-state index < -0.39 is 6.03 Å². The summed E-state index contributed by atoms with van der Waals surface area (Å²) in [5.41, 5.74) is 1.26. The van der Waals surface area contributed by atoms with Gasteiger partial charge in [0.05, 0.1) is 0 Å². The molecule has 0 unspecified atom stereocenters. The van der Waals surface area contributed by atoms with E-state index in [9.17, 15) is 4.79 Å². The summed E-state index contributed by atoms with van der Waals surface area (Å²) in [7, 11) is 0. The van der Waals surface area contributed by atoms with Gasteiger partial charge in [-0.25, -0.2) is 10.3 Å². The first-order valence-corrected chi connectivity index (χ1v) is 1.43. The number of hydrogen-bond donors (Lipinski definition) is 2. The van der Waals surface area contributed by atoms with Crippen LogP contribution in [-0.2, 0) is 0 Å². The number of hydroxylamine groups is 1. The molecule has 6 nitrogen and oxygen atoms in total. The molecular weight excluding hydrogens is 104 g/mol. The average molecular weight is 106 g/mol.